The third-order valence-corrected chi connectivity index (χ3v) is 6.05. The molecule has 0 amide bonds. The molecule has 0 fully saturated rings. The van der Waals surface area contributed by atoms with E-state index in [0.717, 1.165) is 0 Å². The van der Waals surface area contributed by atoms with Crippen molar-refractivity contribution in [3.05, 3.63) is 12.3 Å². The van der Waals surface area contributed by atoms with E-state index in [1.165, 1.54) is 141 Å². The Morgan fingerprint density at radius 1 is 0.536 bits per heavy atom. The fraction of sp³-hybridized carbons (Fsp3) is 0.926. The number of nitrogens with one attached hydrogen (secondary N) is 1. The molecule has 0 aromatic carbocycles. The normalized spacial score (nSPS) is 11.3. The molecule has 1 heteroatoms. The van der Waals surface area contributed by atoms with Gasteiger partial charge in [-0.2, -0.15) is 0 Å². The van der Waals surface area contributed by atoms with Crippen LogP contribution in [0.15, 0.2) is 12.3 Å². The Bertz CT molecular complexity index is 293. The van der Waals surface area contributed by atoms with Crippen molar-refractivity contribution in [1.29, 1.82) is 0 Å². The summed E-state index contributed by atoms with van der Waals surface area (Å²) < 4.78 is 0. The minimum Gasteiger partial charge on any atom is -0.386 e. The largest absolute Gasteiger partial charge is 0.386 e. The van der Waals surface area contributed by atoms with Gasteiger partial charge in [0.2, 0.25) is 0 Å². The van der Waals surface area contributed by atoms with Gasteiger partial charge < -0.3 is 5.32 Å². The standard InChI is InChI=1S/C27H55N/c1-5-8-11-14-17-20-23-26(4)28-27(24-21-18-15-12-9-6-2)25-22-19-16-13-10-7-3/h27-28H,4-25H2,1-3H3. The van der Waals surface area contributed by atoms with E-state index >= 15 is 0 Å². The molecule has 0 unspecified atom stereocenters. The average molecular weight is 394 g/mol. The van der Waals surface area contributed by atoms with Crippen LogP contribution in [0.3, 0.4) is 0 Å². The maximum absolute atomic E-state index is 4.35. The van der Waals surface area contributed by atoms with Crippen molar-refractivity contribution in [2.75, 3.05) is 0 Å². The highest BCUT2D eigenvalue weighted by atomic mass is 14.9. The quantitative estimate of drug-likeness (QED) is 0.170. The molecule has 0 atom stereocenters. The summed E-state index contributed by atoms with van der Waals surface area (Å²) in [4.78, 5) is 0. The first-order chi connectivity index (χ1) is 13.7. The SMILES string of the molecule is C=C(CCCCCCCC)NC(CCCCCCCC)CCCCCCCC. The molecule has 28 heavy (non-hydrogen) atoms. The van der Waals surface area contributed by atoms with Crippen LogP contribution in [0, 0.1) is 0 Å². The lowest BCUT2D eigenvalue weighted by Crippen LogP contribution is -2.28. The lowest BCUT2D eigenvalue weighted by Gasteiger charge is -2.22. The second kappa shape index (κ2) is 22.8. The lowest BCUT2D eigenvalue weighted by molar-refractivity contribution is 0.431. The molecule has 1 nitrogen and oxygen atoms in total. The lowest BCUT2D eigenvalue weighted by atomic mass is 9.99. The number of hydrogen-bond acceptors (Lipinski definition) is 1. The van der Waals surface area contributed by atoms with E-state index < -0.39 is 0 Å². The molecule has 0 spiro atoms. The van der Waals surface area contributed by atoms with Gasteiger partial charge in [-0.25, -0.2) is 0 Å². The Kier molecular flexibility index (Phi) is 22.5. The molecule has 0 aliphatic heterocycles. The summed E-state index contributed by atoms with van der Waals surface area (Å²) in [5.41, 5.74) is 1.30. The van der Waals surface area contributed by atoms with Crippen LogP contribution >= 0.6 is 0 Å². The summed E-state index contributed by atoms with van der Waals surface area (Å²) in [6.45, 7) is 11.2. The van der Waals surface area contributed by atoms with Crippen LogP contribution in [-0.2, 0) is 0 Å². The van der Waals surface area contributed by atoms with Crippen LogP contribution in [0.2, 0.25) is 0 Å². The van der Waals surface area contributed by atoms with E-state index in [1.54, 1.807) is 0 Å². The molecule has 0 heterocycles. The zero-order chi connectivity index (χ0) is 20.7. The summed E-state index contributed by atoms with van der Waals surface area (Å²) >= 11 is 0. The minimum atomic E-state index is 0.671. The third kappa shape index (κ3) is 20.3. The van der Waals surface area contributed by atoms with Gasteiger partial charge in [-0.15, -0.1) is 0 Å². The molecular formula is C27H55N. The Hall–Kier alpha value is -0.460. The average Bonchev–Trinajstić information content (AvgIpc) is 2.69. The predicted molar refractivity (Wildman–Crippen MR) is 130 cm³/mol. The van der Waals surface area contributed by atoms with Crippen molar-refractivity contribution >= 4 is 0 Å². The van der Waals surface area contributed by atoms with Gasteiger partial charge in [0.1, 0.15) is 0 Å². The van der Waals surface area contributed by atoms with E-state index in [4.69, 9.17) is 0 Å². The molecule has 0 saturated carbocycles. The van der Waals surface area contributed by atoms with Crippen molar-refractivity contribution in [2.24, 2.45) is 0 Å². The summed E-state index contributed by atoms with van der Waals surface area (Å²) in [5, 5.41) is 3.83. The highest BCUT2D eigenvalue weighted by Crippen LogP contribution is 2.17. The van der Waals surface area contributed by atoms with Crippen molar-refractivity contribution in [1.82, 2.24) is 5.32 Å². The van der Waals surface area contributed by atoms with Crippen LogP contribution in [0.1, 0.15) is 156 Å². The molecule has 0 bridgehead atoms. The molecule has 0 aliphatic rings. The first-order valence-electron chi connectivity index (χ1n) is 13.2. The molecule has 0 aromatic rings. The summed E-state index contributed by atoms with van der Waals surface area (Å²) in [6, 6.07) is 0.671. The Morgan fingerprint density at radius 3 is 1.32 bits per heavy atom. The Labute approximate surface area is 179 Å². The molecule has 0 aliphatic carbocycles. The Balaban J connectivity index is 3.99. The van der Waals surface area contributed by atoms with Gasteiger partial charge in [0.15, 0.2) is 0 Å². The van der Waals surface area contributed by atoms with E-state index in [1.807, 2.05) is 0 Å². The molecule has 0 rings (SSSR count). The molecule has 168 valence electrons. The molecule has 0 saturated heterocycles. The molecular weight excluding hydrogens is 338 g/mol. The van der Waals surface area contributed by atoms with E-state index in [2.05, 4.69) is 32.7 Å². The fourth-order valence-corrected chi connectivity index (χ4v) is 4.11. The van der Waals surface area contributed by atoms with Gasteiger partial charge in [0.05, 0.1) is 0 Å². The highest BCUT2D eigenvalue weighted by molar-refractivity contribution is 4.93. The fourth-order valence-electron chi connectivity index (χ4n) is 4.11. The van der Waals surface area contributed by atoms with Crippen LogP contribution in [0.4, 0.5) is 0 Å². The first-order valence-corrected chi connectivity index (χ1v) is 13.2. The van der Waals surface area contributed by atoms with Gasteiger partial charge in [-0.3, -0.25) is 0 Å². The van der Waals surface area contributed by atoms with Gasteiger partial charge in [0.25, 0.3) is 0 Å². The zero-order valence-corrected chi connectivity index (χ0v) is 20.1. The maximum atomic E-state index is 4.35. The highest BCUT2D eigenvalue weighted by Gasteiger charge is 2.09. The van der Waals surface area contributed by atoms with Gasteiger partial charge in [-0.1, -0.05) is 137 Å². The monoisotopic (exact) mass is 393 g/mol. The van der Waals surface area contributed by atoms with Crippen LogP contribution in [0.5, 0.6) is 0 Å². The summed E-state index contributed by atoms with van der Waals surface area (Å²) in [5.74, 6) is 0. The topological polar surface area (TPSA) is 12.0 Å². The second-order valence-electron chi connectivity index (χ2n) is 9.08. The predicted octanol–water partition coefficient (Wildman–Crippen LogP) is 9.71. The third-order valence-electron chi connectivity index (χ3n) is 6.05. The summed E-state index contributed by atoms with van der Waals surface area (Å²) in [7, 11) is 0. The van der Waals surface area contributed by atoms with Crippen LogP contribution < -0.4 is 5.32 Å². The van der Waals surface area contributed by atoms with Gasteiger partial charge >= 0.3 is 0 Å². The van der Waals surface area contributed by atoms with Crippen molar-refractivity contribution in [2.45, 2.75) is 162 Å². The number of hydrogen-bond donors (Lipinski definition) is 1. The molecule has 0 radical (unpaired) electrons. The summed E-state index contributed by atoms with van der Waals surface area (Å²) in [6.07, 6.45) is 28.9. The van der Waals surface area contributed by atoms with Crippen molar-refractivity contribution in [3.8, 4) is 0 Å². The van der Waals surface area contributed by atoms with Crippen LogP contribution in [-0.4, -0.2) is 6.04 Å². The maximum Gasteiger partial charge on any atom is 0.0258 e. The van der Waals surface area contributed by atoms with Crippen molar-refractivity contribution in [3.63, 3.8) is 0 Å². The smallest absolute Gasteiger partial charge is 0.0258 e. The van der Waals surface area contributed by atoms with E-state index in [9.17, 15) is 0 Å². The minimum absolute atomic E-state index is 0.671. The number of allylic oxidation sites excluding steroid dienone is 1. The molecule has 1 N–H and O–H groups in total. The number of rotatable bonds is 23. The first kappa shape index (κ1) is 27.5. The zero-order valence-electron chi connectivity index (χ0n) is 20.1. The van der Waals surface area contributed by atoms with Crippen LogP contribution in [0.25, 0.3) is 0 Å². The van der Waals surface area contributed by atoms with E-state index in [-0.39, 0.29) is 0 Å². The van der Waals surface area contributed by atoms with Gasteiger partial charge in [0, 0.05) is 11.7 Å². The van der Waals surface area contributed by atoms with Gasteiger partial charge in [-0.05, 0) is 25.7 Å². The second-order valence-corrected chi connectivity index (χ2v) is 9.08. The number of unbranched alkanes of at least 4 members (excludes halogenated alkanes) is 15. The Morgan fingerprint density at radius 2 is 0.893 bits per heavy atom. The van der Waals surface area contributed by atoms with Crippen molar-refractivity contribution < 1.29 is 0 Å². The molecule has 0 aromatic heterocycles. The van der Waals surface area contributed by atoms with E-state index in [0.29, 0.717) is 6.04 Å².